The topological polar surface area (TPSA) is 72.5 Å². The van der Waals surface area contributed by atoms with Gasteiger partial charge < -0.3 is 10.1 Å². The normalized spacial score (nSPS) is 16.3. The lowest BCUT2D eigenvalue weighted by Gasteiger charge is -2.03. The van der Waals surface area contributed by atoms with Gasteiger partial charge in [-0.2, -0.15) is 0 Å². The van der Waals surface area contributed by atoms with Crippen LogP contribution in [0.15, 0.2) is 6.07 Å². The maximum atomic E-state index is 11.9. The Hall–Kier alpha value is -0.920. The van der Waals surface area contributed by atoms with E-state index >= 15 is 0 Å². The van der Waals surface area contributed by atoms with E-state index in [0.29, 0.717) is 24.6 Å². The van der Waals surface area contributed by atoms with Crippen LogP contribution in [-0.2, 0) is 26.1 Å². The summed E-state index contributed by atoms with van der Waals surface area (Å²) in [6.07, 6.45) is 0.777. The Morgan fingerprint density at radius 2 is 2.26 bits per heavy atom. The molecule has 1 aromatic rings. The van der Waals surface area contributed by atoms with Gasteiger partial charge in [0.2, 0.25) is 0 Å². The summed E-state index contributed by atoms with van der Waals surface area (Å²) >= 11 is 1.28. The molecule has 0 aromatic carbocycles. The number of amides is 1. The average Bonchev–Trinajstić information content (AvgIpc) is 2.82. The second-order valence-corrected chi connectivity index (χ2v) is 7.60. The summed E-state index contributed by atoms with van der Waals surface area (Å²) in [6, 6.07) is 1.70. The van der Waals surface area contributed by atoms with Crippen molar-refractivity contribution in [3.8, 4) is 0 Å². The number of sulfone groups is 1. The van der Waals surface area contributed by atoms with Gasteiger partial charge in [-0.25, -0.2) is 8.42 Å². The van der Waals surface area contributed by atoms with Gasteiger partial charge in [0.15, 0.2) is 9.84 Å². The number of carbonyl (C=O) groups is 1. The molecule has 0 saturated heterocycles. The van der Waals surface area contributed by atoms with Crippen molar-refractivity contribution in [3.05, 3.63) is 21.4 Å². The number of nitrogens with one attached hydrogen (secondary N) is 1. The monoisotopic (exact) mass is 303 g/mol. The molecule has 2 rings (SSSR count). The van der Waals surface area contributed by atoms with E-state index in [4.69, 9.17) is 4.74 Å². The first-order valence-corrected chi connectivity index (χ1v) is 8.83. The number of thiophene rings is 1. The van der Waals surface area contributed by atoms with Gasteiger partial charge >= 0.3 is 0 Å². The van der Waals surface area contributed by atoms with E-state index < -0.39 is 9.84 Å². The van der Waals surface area contributed by atoms with E-state index in [1.165, 1.54) is 11.3 Å². The molecule has 106 valence electrons. The summed E-state index contributed by atoms with van der Waals surface area (Å²) in [5.41, 5.74) is 0.782. The Morgan fingerprint density at radius 1 is 1.47 bits per heavy atom. The van der Waals surface area contributed by atoms with E-state index in [2.05, 4.69) is 5.32 Å². The minimum atomic E-state index is -2.97. The van der Waals surface area contributed by atoms with Crippen LogP contribution in [0.3, 0.4) is 0 Å². The fourth-order valence-corrected chi connectivity index (χ4v) is 5.10. The number of hydrogen-bond donors (Lipinski definition) is 1. The Morgan fingerprint density at radius 3 is 2.95 bits per heavy atom. The first kappa shape index (κ1) is 14.5. The van der Waals surface area contributed by atoms with E-state index in [0.717, 1.165) is 16.9 Å². The lowest BCUT2D eigenvalue weighted by atomic mass is 10.3. The van der Waals surface area contributed by atoms with Crippen molar-refractivity contribution in [2.24, 2.45) is 0 Å². The minimum Gasteiger partial charge on any atom is -0.382 e. The average molecular weight is 303 g/mol. The van der Waals surface area contributed by atoms with Crippen molar-refractivity contribution in [3.63, 3.8) is 0 Å². The minimum absolute atomic E-state index is 0.0659. The molecule has 1 aliphatic heterocycles. The third-order valence-corrected chi connectivity index (χ3v) is 5.64. The number of hydrogen-bond acceptors (Lipinski definition) is 5. The summed E-state index contributed by atoms with van der Waals surface area (Å²) in [7, 11) is -2.97. The highest BCUT2D eigenvalue weighted by Gasteiger charge is 2.28. The van der Waals surface area contributed by atoms with Crippen LogP contribution in [0.1, 0.15) is 33.5 Å². The van der Waals surface area contributed by atoms with Crippen LogP contribution in [0, 0.1) is 0 Å². The summed E-state index contributed by atoms with van der Waals surface area (Å²) < 4.78 is 28.0. The maximum absolute atomic E-state index is 11.9. The van der Waals surface area contributed by atoms with Crippen LogP contribution in [0.5, 0.6) is 0 Å². The Bertz CT molecular complexity index is 533. The largest absolute Gasteiger partial charge is 0.382 e. The second-order valence-electron chi connectivity index (χ2n) is 4.40. The SMILES string of the molecule is CCOCCCNC(=O)c1cc2c(s1)CS(=O)(=O)C2. The van der Waals surface area contributed by atoms with Crippen molar-refractivity contribution in [2.75, 3.05) is 19.8 Å². The van der Waals surface area contributed by atoms with E-state index in [1.54, 1.807) is 6.07 Å². The summed E-state index contributed by atoms with van der Waals surface area (Å²) in [6.45, 7) is 3.82. The Kier molecular flexibility index (Phi) is 4.59. The van der Waals surface area contributed by atoms with E-state index in [1.807, 2.05) is 6.92 Å². The molecule has 19 heavy (non-hydrogen) atoms. The maximum Gasteiger partial charge on any atom is 0.261 e. The smallest absolute Gasteiger partial charge is 0.261 e. The standard InChI is InChI=1S/C12H17NO4S2/c1-2-17-5-3-4-13-12(14)10-6-9-7-19(15,16)8-11(9)18-10/h6H,2-5,7-8H2,1H3,(H,13,14). The molecule has 1 aliphatic rings. The van der Waals surface area contributed by atoms with Crippen LogP contribution in [0.4, 0.5) is 0 Å². The summed E-state index contributed by atoms with van der Waals surface area (Å²) in [5.74, 6) is 0.00875. The number of fused-ring (bicyclic) bond motifs is 1. The number of ether oxygens (including phenoxy) is 1. The first-order valence-electron chi connectivity index (χ1n) is 6.20. The van der Waals surface area contributed by atoms with Gasteiger partial charge in [-0.1, -0.05) is 0 Å². The Labute approximate surface area is 116 Å². The van der Waals surface area contributed by atoms with Crippen molar-refractivity contribution in [2.45, 2.75) is 24.9 Å². The van der Waals surface area contributed by atoms with Crippen molar-refractivity contribution in [1.29, 1.82) is 0 Å². The fourth-order valence-electron chi connectivity index (χ4n) is 1.92. The van der Waals surface area contributed by atoms with Crippen LogP contribution in [0.2, 0.25) is 0 Å². The van der Waals surface area contributed by atoms with Gasteiger partial charge in [0.05, 0.1) is 16.4 Å². The molecule has 1 N–H and O–H groups in total. The van der Waals surface area contributed by atoms with E-state index in [9.17, 15) is 13.2 Å². The van der Waals surface area contributed by atoms with Gasteiger partial charge in [0.25, 0.3) is 5.91 Å². The fraction of sp³-hybridized carbons (Fsp3) is 0.583. The van der Waals surface area contributed by atoms with Gasteiger partial charge in [0, 0.05) is 24.6 Å². The molecule has 7 heteroatoms. The molecule has 0 atom stereocenters. The molecule has 0 bridgehead atoms. The molecule has 2 heterocycles. The molecule has 0 aliphatic carbocycles. The highest BCUT2D eigenvalue weighted by Crippen LogP contribution is 2.32. The zero-order valence-corrected chi connectivity index (χ0v) is 12.4. The molecule has 0 spiro atoms. The quantitative estimate of drug-likeness (QED) is 0.805. The zero-order chi connectivity index (χ0) is 13.9. The third-order valence-electron chi connectivity index (χ3n) is 2.80. The highest BCUT2D eigenvalue weighted by molar-refractivity contribution is 7.90. The molecule has 0 unspecified atom stereocenters. The van der Waals surface area contributed by atoms with Crippen molar-refractivity contribution >= 4 is 27.1 Å². The van der Waals surface area contributed by atoms with Crippen LogP contribution >= 0.6 is 11.3 Å². The van der Waals surface area contributed by atoms with Crippen LogP contribution < -0.4 is 5.32 Å². The number of rotatable bonds is 6. The molecular weight excluding hydrogens is 286 g/mol. The molecule has 0 saturated carbocycles. The van der Waals surface area contributed by atoms with Gasteiger partial charge in [-0.05, 0) is 25.0 Å². The molecular formula is C12H17NO4S2. The highest BCUT2D eigenvalue weighted by atomic mass is 32.2. The molecule has 5 nitrogen and oxygen atoms in total. The summed E-state index contributed by atoms with van der Waals surface area (Å²) in [5, 5.41) is 2.81. The zero-order valence-electron chi connectivity index (χ0n) is 10.8. The van der Waals surface area contributed by atoms with E-state index in [-0.39, 0.29) is 17.4 Å². The van der Waals surface area contributed by atoms with Crippen LogP contribution in [0.25, 0.3) is 0 Å². The Balaban J connectivity index is 1.85. The molecule has 0 radical (unpaired) electrons. The lowest BCUT2D eigenvalue weighted by Crippen LogP contribution is -2.24. The van der Waals surface area contributed by atoms with Crippen molar-refractivity contribution in [1.82, 2.24) is 5.32 Å². The van der Waals surface area contributed by atoms with Gasteiger partial charge in [-0.3, -0.25) is 4.79 Å². The molecule has 1 aromatic heterocycles. The van der Waals surface area contributed by atoms with Crippen molar-refractivity contribution < 1.29 is 17.9 Å². The van der Waals surface area contributed by atoms with Gasteiger partial charge in [-0.15, -0.1) is 11.3 Å². The number of carbonyl (C=O) groups excluding carboxylic acids is 1. The van der Waals surface area contributed by atoms with Gasteiger partial charge in [0.1, 0.15) is 0 Å². The molecule has 0 fully saturated rings. The van der Waals surface area contributed by atoms with Crippen LogP contribution in [-0.4, -0.2) is 34.1 Å². The predicted molar refractivity (Wildman–Crippen MR) is 74.1 cm³/mol. The molecule has 1 amide bonds. The predicted octanol–water partition coefficient (Wildman–Crippen LogP) is 1.33. The second kappa shape index (κ2) is 6.02. The third kappa shape index (κ3) is 3.77. The summed E-state index contributed by atoms with van der Waals surface area (Å²) in [4.78, 5) is 13.3. The lowest BCUT2D eigenvalue weighted by molar-refractivity contribution is 0.0948. The first-order chi connectivity index (χ1) is 9.02.